The van der Waals surface area contributed by atoms with Crippen molar-refractivity contribution in [1.82, 2.24) is 14.4 Å². The van der Waals surface area contributed by atoms with E-state index in [0.29, 0.717) is 11.1 Å². The average Bonchev–Trinajstić information content (AvgIpc) is 3.00. The quantitative estimate of drug-likeness (QED) is 0.660. The largest absolute Gasteiger partial charge is 0.502 e. The molecule has 1 aromatic carbocycles. The van der Waals surface area contributed by atoms with E-state index in [0.717, 1.165) is 5.57 Å². The van der Waals surface area contributed by atoms with Gasteiger partial charge in [0.15, 0.2) is 5.75 Å². The number of carbonyl (C=O) groups is 2. The minimum Gasteiger partial charge on any atom is -0.502 e. The smallest absolute Gasteiger partial charge is 0.296 e. The molecule has 1 N–H and O–H groups in total. The summed E-state index contributed by atoms with van der Waals surface area (Å²) in [6, 6.07) is 4.16. The fourth-order valence-electron chi connectivity index (χ4n) is 5.08. The summed E-state index contributed by atoms with van der Waals surface area (Å²) in [6.45, 7) is 2.58. The van der Waals surface area contributed by atoms with Crippen molar-refractivity contribution < 1.29 is 23.8 Å². The van der Waals surface area contributed by atoms with Gasteiger partial charge in [0.25, 0.3) is 17.4 Å². The first kappa shape index (κ1) is 23.3. The monoisotopic (exact) mass is 499 g/mol. The summed E-state index contributed by atoms with van der Waals surface area (Å²) < 4.78 is 20.0. The van der Waals surface area contributed by atoms with Gasteiger partial charge in [0.05, 0.1) is 17.2 Å². The number of nitrogens with zero attached hydrogens (tertiary/aromatic N) is 3. The average molecular weight is 500 g/mol. The lowest BCUT2D eigenvalue weighted by molar-refractivity contribution is 0.0451. The van der Waals surface area contributed by atoms with Crippen LogP contribution in [0.25, 0.3) is 0 Å². The van der Waals surface area contributed by atoms with Crippen molar-refractivity contribution in [3.05, 3.63) is 85.6 Å². The van der Waals surface area contributed by atoms with Crippen LogP contribution in [0.15, 0.2) is 46.8 Å². The Morgan fingerprint density at radius 2 is 1.97 bits per heavy atom. The van der Waals surface area contributed by atoms with Gasteiger partial charge in [0.2, 0.25) is 0 Å². The van der Waals surface area contributed by atoms with Crippen LogP contribution in [0.2, 0.25) is 5.02 Å². The topological polar surface area (TPSA) is 92.1 Å². The van der Waals surface area contributed by atoms with Gasteiger partial charge < -0.3 is 19.6 Å². The van der Waals surface area contributed by atoms with Crippen molar-refractivity contribution in [2.24, 2.45) is 0 Å². The molecule has 0 bridgehead atoms. The molecule has 1 unspecified atom stereocenters. The van der Waals surface area contributed by atoms with Gasteiger partial charge in [0.1, 0.15) is 17.2 Å². The summed E-state index contributed by atoms with van der Waals surface area (Å²) in [5.41, 5.74) is -0.337. The number of methoxy groups -OCH3 is 1. The lowest BCUT2D eigenvalue weighted by Gasteiger charge is -2.39. The highest BCUT2D eigenvalue weighted by Crippen LogP contribution is 2.43. The number of allylic oxidation sites excluding steroid dienone is 2. The normalized spacial score (nSPS) is 20.6. The van der Waals surface area contributed by atoms with E-state index in [9.17, 15) is 23.9 Å². The van der Waals surface area contributed by atoms with Gasteiger partial charge in [-0.2, -0.15) is 0 Å². The van der Waals surface area contributed by atoms with Crippen LogP contribution in [0.5, 0.6) is 5.75 Å². The number of aromatic nitrogens is 1. The second-order valence-corrected chi connectivity index (χ2v) is 9.28. The summed E-state index contributed by atoms with van der Waals surface area (Å²) >= 11 is 5.87. The predicted octanol–water partition coefficient (Wildman–Crippen LogP) is 2.82. The summed E-state index contributed by atoms with van der Waals surface area (Å²) in [7, 11) is 1.52. The molecule has 1 atom stereocenters. The number of hydrogen-bond acceptors (Lipinski definition) is 5. The fraction of sp³-hybridized carbons (Fsp3) is 0.320. The van der Waals surface area contributed by atoms with E-state index < -0.39 is 34.6 Å². The van der Waals surface area contributed by atoms with Crippen molar-refractivity contribution in [3.8, 4) is 5.75 Å². The third kappa shape index (κ3) is 3.33. The third-order valence-electron chi connectivity index (χ3n) is 6.97. The highest BCUT2D eigenvalue weighted by atomic mass is 35.5. The van der Waals surface area contributed by atoms with Crippen LogP contribution < -0.4 is 5.56 Å². The number of halogens is 2. The maximum absolute atomic E-state index is 13.6. The van der Waals surface area contributed by atoms with Crippen molar-refractivity contribution in [3.63, 3.8) is 0 Å². The molecule has 1 aliphatic carbocycles. The number of carbonyl (C=O) groups excluding carboxylic acids is 2. The van der Waals surface area contributed by atoms with E-state index in [1.54, 1.807) is 11.8 Å². The summed E-state index contributed by atoms with van der Waals surface area (Å²) in [5, 5.41) is 10.9. The molecular formula is C25H23ClFN3O5. The Hall–Kier alpha value is -3.43. The van der Waals surface area contributed by atoms with Gasteiger partial charge in [-0.05, 0) is 36.6 Å². The number of amides is 2. The van der Waals surface area contributed by atoms with Crippen molar-refractivity contribution in [1.29, 1.82) is 0 Å². The van der Waals surface area contributed by atoms with Crippen LogP contribution in [-0.2, 0) is 23.4 Å². The minimum atomic E-state index is -1.16. The lowest BCUT2D eigenvalue weighted by Crippen LogP contribution is -2.50. The van der Waals surface area contributed by atoms with E-state index in [4.69, 9.17) is 16.3 Å². The summed E-state index contributed by atoms with van der Waals surface area (Å²) in [4.78, 5) is 43.5. The molecule has 2 amide bonds. The van der Waals surface area contributed by atoms with E-state index in [1.165, 1.54) is 34.8 Å². The molecule has 1 aromatic heterocycles. The van der Waals surface area contributed by atoms with Gasteiger partial charge in [-0.3, -0.25) is 19.0 Å². The van der Waals surface area contributed by atoms with Gasteiger partial charge >= 0.3 is 0 Å². The van der Waals surface area contributed by atoms with E-state index in [2.05, 4.69) is 0 Å². The number of fused-ring (bicyclic) bond motifs is 3. The van der Waals surface area contributed by atoms with Crippen molar-refractivity contribution >= 4 is 23.4 Å². The summed E-state index contributed by atoms with van der Waals surface area (Å²) in [5.74, 6) is -2.22. The maximum atomic E-state index is 13.6. The highest BCUT2D eigenvalue weighted by molar-refractivity contribution is 6.30. The number of rotatable bonds is 6. The maximum Gasteiger partial charge on any atom is 0.296 e. The first-order valence-corrected chi connectivity index (χ1v) is 11.5. The number of hydrogen-bond donors (Lipinski definition) is 1. The van der Waals surface area contributed by atoms with Crippen molar-refractivity contribution in [2.45, 2.75) is 25.6 Å². The fourth-order valence-corrected chi connectivity index (χ4v) is 5.28. The Kier molecular flexibility index (Phi) is 5.56. The van der Waals surface area contributed by atoms with Crippen LogP contribution >= 0.6 is 11.6 Å². The molecule has 3 heterocycles. The van der Waals surface area contributed by atoms with Crippen LogP contribution in [0.1, 0.15) is 38.9 Å². The molecule has 0 saturated heterocycles. The molecule has 0 fully saturated rings. The van der Waals surface area contributed by atoms with Crippen molar-refractivity contribution in [2.75, 3.05) is 26.8 Å². The summed E-state index contributed by atoms with van der Waals surface area (Å²) in [6.07, 6.45) is 5.69. The Morgan fingerprint density at radius 3 is 2.60 bits per heavy atom. The molecule has 35 heavy (non-hydrogen) atoms. The lowest BCUT2D eigenvalue weighted by atomic mass is 9.92. The van der Waals surface area contributed by atoms with Gasteiger partial charge in [-0.15, -0.1) is 0 Å². The number of benzene rings is 1. The van der Waals surface area contributed by atoms with E-state index in [1.807, 2.05) is 18.2 Å². The molecule has 0 spiro atoms. The molecule has 0 saturated carbocycles. The molecule has 5 rings (SSSR count). The zero-order valence-electron chi connectivity index (χ0n) is 19.2. The standard InChI is InChI=1S/C25H23ClFN3O5/c1-25(15-4-3-5-15)29(10-11-35-2)23(33)20-16-8-9-28(13-14-6-7-18(27)17(26)12-14)22(32)19(16)21(31)24(34)30(20)25/h3-7,12,31H,8-11,13H2,1-2H3. The zero-order valence-corrected chi connectivity index (χ0v) is 19.9. The molecule has 182 valence electrons. The molecular weight excluding hydrogens is 477 g/mol. The Morgan fingerprint density at radius 1 is 1.23 bits per heavy atom. The molecule has 2 aliphatic heterocycles. The van der Waals surface area contributed by atoms with Crippen LogP contribution in [-0.4, -0.2) is 58.1 Å². The Labute approximate surface area is 205 Å². The second kappa shape index (κ2) is 8.35. The second-order valence-electron chi connectivity index (χ2n) is 8.87. The first-order chi connectivity index (χ1) is 16.7. The molecule has 3 aliphatic rings. The van der Waals surface area contributed by atoms with Gasteiger partial charge in [-0.25, -0.2) is 4.39 Å². The Bertz CT molecular complexity index is 1400. The number of ether oxygens (including phenoxy) is 1. The first-order valence-electron chi connectivity index (χ1n) is 11.1. The predicted molar refractivity (Wildman–Crippen MR) is 126 cm³/mol. The number of pyridine rings is 1. The van der Waals surface area contributed by atoms with Crippen LogP contribution in [0, 0.1) is 5.82 Å². The van der Waals surface area contributed by atoms with Gasteiger partial charge in [0, 0.05) is 32.3 Å². The number of aromatic hydroxyl groups is 1. The molecule has 10 heteroatoms. The van der Waals surface area contributed by atoms with Crippen LogP contribution in [0.3, 0.4) is 0 Å². The minimum absolute atomic E-state index is 0.0633. The molecule has 2 aromatic rings. The SMILES string of the molecule is COCCN1C(=O)c2c3c(c(O)c(=O)n2C1(C)C1=CC=C1)C(=O)N(Cc1ccc(F)c(Cl)c1)CC3. The Balaban J connectivity index is 1.60. The molecule has 0 radical (unpaired) electrons. The van der Waals surface area contributed by atoms with E-state index in [-0.39, 0.29) is 48.9 Å². The van der Waals surface area contributed by atoms with E-state index >= 15 is 0 Å². The van der Waals surface area contributed by atoms with Gasteiger partial charge in [-0.1, -0.05) is 35.9 Å². The van der Waals surface area contributed by atoms with Crippen LogP contribution in [0.4, 0.5) is 4.39 Å². The highest BCUT2D eigenvalue weighted by Gasteiger charge is 2.52. The molecule has 8 nitrogen and oxygen atoms in total. The zero-order chi connectivity index (χ0) is 25.1. The third-order valence-corrected chi connectivity index (χ3v) is 7.26.